The Bertz CT molecular complexity index is 2010. The number of fused-ring (bicyclic) bond motifs is 2. The molecule has 0 unspecified atom stereocenters. The third-order valence-corrected chi connectivity index (χ3v) is 9.01. The van der Waals surface area contributed by atoms with E-state index in [1.54, 1.807) is 0 Å². The zero-order valence-electron chi connectivity index (χ0n) is 24.6. The van der Waals surface area contributed by atoms with Gasteiger partial charge in [-0.15, -0.1) is 0 Å². The second-order valence-corrected chi connectivity index (χ2v) is 11.4. The molecule has 44 heavy (non-hydrogen) atoms. The van der Waals surface area contributed by atoms with Gasteiger partial charge in [0.05, 0.1) is 22.5 Å². The fraction of sp³-hybridized carbons (Fsp3) is 0.0476. The third-order valence-electron chi connectivity index (χ3n) is 9.01. The maximum Gasteiger partial charge on any atom is 0.0899 e. The first-order chi connectivity index (χ1) is 21.8. The van der Waals surface area contributed by atoms with E-state index in [9.17, 15) is 0 Å². The minimum atomic E-state index is -0.604. The molecule has 0 spiro atoms. The zero-order valence-corrected chi connectivity index (χ0v) is 24.6. The summed E-state index contributed by atoms with van der Waals surface area (Å²) in [6.45, 7) is 2.28. The molecule has 1 aliphatic rings. The van der Waals surface area contributed by atoms with Gasteiger partial charge in [-0.3, -0.25) is 0 Å². The number of nitrogens with zero attached hydrogens (tertiary/aromatic N) is 2. The molecule has 2 heteroatoms. The van der Waals surface area contributed by atoms with E-state index in [4.69, 9.17) is 0 Å². The summed E-state index contributed by atoms with van der Waals surface area (Å²) in [6.07, 6.45) is 0. The van der Waals surface area contributed by atoms with Gasteiger partial charge >= 0.3 is 0 Å². The molecular formula is C42H32N2. The maximum absolute atomic E-state index is 2.52. The number of aromatic nitrogens is 1. The van der Waals surface area contributed by atoms with Crippen molar-refractivity contribution in [3.63, 3.8) is 0 Å². The molecule has 210 valence electrons. The summed E-state index contributed by atoms with van der Waals surface area (Å²) in [5.74, 6) is 0. The summed E-state index contributed by atoms with van der Waals surface area (Å²) in [7, 11) is 0. The second-order valence-electron chi connectivity index (χ2n) is 11.4. The standard InChI is InChI=1S/C42H32N2/c1-31-39(32-19-7-2-8-20-32)40-41(43(31)35-25-13-5-14-26-35)42(33-21-9-3-10-22-33,34-23-11-4-12-24-34)37-29-17-18-30-38(37)44(40)36-27-15-6-16-28-36/h2-30H,1H3. The van der Waals surface area contributed by atoms with Gasteiger partial charge in [0.1, 0.15) is 0 Å². The highest BCUT2D eigenvalue weighted by Crippen LogP contribution is 2.61. The Labute approximate surface area is 259 Å². The first-order valence-electron chi connectivity index (χ1n) is 15.2. The number of hydrogen-bond acceptors (Lipinski definition) is 1. The minimum absolute atomic E-state index is 0.604. The highest BCUT2D eigenvalue weighted by molar-refractivity contribution is 5.98. The van der Waals surface area contributed by atoms with Crippen LogP contribution in [0.5, 0.6) is 0 Å². The molecule has 8 rings (SSSR count). The smallest absolute Gasteiger partial charge is 0.0899 e. The van der Waals surface area contributed by atoms with Gasteiger partial charge in [0, 0.05) is 22.6 Å². The summed E-state index contributed by atoms with van der Waals surface area (Å²) in [6, 6.07) is 63.6. The van der Waals surface area contributed by atoms with Crippen LogP contribution < -0.4 is 4.90 Å². The van der Waals surface area contributed by atoms with E-state index in [1.807, 2.05) is 0 Å². The lowest BCUT2D eigenvalue weighted by Gasteiger charge is -2.46. The molecular weight excluding hydrogens is 532 g/mol. The Kier molecular flexibility index (Phi) is 6.27. The molecule has 0 saturated carbocycles. The highest BCUT2D eigenvalue weighted by Gasteiger charge is 2.50. The van der Waals surface area contributed by atoms with Crippen molar-refractivity contribution >= 4 is 17.1 Å². The summed E-state index contributed by atoms with van der Waals surface area (Å²) in [4.78, 5) is 2.49. The van der Waals surface area contributed by atoms with E-state index in [-0.39, 0.29) is 0 Å². The number of benzene rings is 6. The van der Waals surface area contributed by atoms with Crippen molar-refractivity contribution in [1.29, 1.82) is 0 Å². The molecule has 7 aromatic rings. The van der Waals surface area contributed by atoms with Gasteiger partial charge in [0.15, 0.2) is 0 Å². The lowest BCUT2D eigenvalue weighted by Crippen LogP contribution is -2.39. The molecule has 0 amide bonds. The van der Waals surface area contributed by atoms with E-state index >= 15 is 0 Å². The molecule has 0 saturated heterocycles. The summed E-state index contributed by atoms with van der Waals surface area (Å²) in [5.41, 5.74) is 12.7. The summed E-state index contributed by atoms with van der Waals surface area (Å²) in [5, 5.41) is 0. The average molecular weight is 565 g/mol. The largest absolute Gasteiger partial charge is 0.314 e. The van der Waals surface area contributed by atoms with Gasteiger partial charge in [0.25, 0.3) is 0 Å². The highest BCUT2D eigenvalue weighted by atomic mass is 15.2. The summed E-state index contributed by atoms with van der Waals surface area (Å²) < 4.78 is 2.52. The molecule has 2 heterocycles. The van der Waals surface area contributed by atoms with Crippen molar-refractivity contribution in [2.24, 2.45) is 0 Å². The number of rotatable bonds is 5. The van der Waals surface area contributed by atoms with Crippen molar-refractivity contribution in [3.05, 3.63) is 204 Å². The van der Waals surface area contributed by atoms with Crippen LogP contribution in [0.2, 0.25) is 0 Å². The van der Waals surface area contributed by atoms with Gasteiger partial charge in [0.2, 0.25) is 0 Å². The second kappa shape index (κ2) is 10.6. The Balaban J connectivity index is 1.65. The van der Waals surface area contributed by atoms with Gasteiger partial charge in [-0.1, -0.05) is 146 Å². The molecule has 2 nitrogen and oxygen atoms in total. The van der Waals surface area contributed by atoms with Crippen LogP contribution in [0.4, 0.5) is 17.1 Å². The molecule has 0 N–H and O–H groups in total. The van der Waals surface area contributed by atoms with Crippen molar-refractivity contribution in [3.8, 4) is 16.8 Å². The Hall–Kier alpha value is -5.60. The van der Waals surface area contributed by atoms with Crippen molar-refractivity contribution in [1.82, 2.24) is 4.57 Å². The molecule has 0 aliphatic carbocycles. The molecule has 0 atom stereocenters. The predicted molar refractivity (Wildman–Crippen MR) is 182 cm³/mol. The van der Waals surface area contributed by atoms with E-state index < -0.39 is 5.41 Å². The maximum atomic E-state index is 2.52. The Morgan fingerprint density at radius 1 is 0.455 bits per heavy atom. The van der Waals surface area contributed by atoms with Crippen LogP contribution in [0.1, 0.15) is 28.1 Å². The quantitative estimate of drug-likeness (QED) is 0.202. The van der Waals surface area contributed by atoms with Crippen LogP contribution in [0.3, 0.4) is 0 Å². The Morgan fingerprint density at radius 2 is 0.909 bits per heavy atom. The fourth-order valence-electron chi connectivity index (χ4n) is 7.29. The monoisotopic (exact) mass is 564 g/mol. The molecule has 1 aromatic heterocycles. The van der Waals surface area contributed by atoms with Crippen molar-refractivity contribution in [2.45, 2.75) is 12.3 Å². The first kappa shape index (κ1) is 26.1. The molecule has 0 fully saturated rings. The van der Waals surface area contributed by atoms with Crippen LogP contribution in [0.25, 0.3) is 16.8 Å². The van der Waals surface area contributed by atoms with Gasteiger partial charge in [-0.05, 0) is 59.5 Å². The molecule has 0 bridgehead atoms. The van der Waals surface area contributed by atoms with Crippen LogP contribution >= 0.6 is 0 Å². The average Bonchev–Trinajstić information content (AvgIpc) is 3.41. The molecule has 0 radical (unpaired) electrons. The van der Waals surface area contributed by atoms with Crippen LogP contribution in [0, 0.1) is 6.92 Å². The van der Waals surface area contributed by atoms with E-state index in [1.165, 1.54) is 50.6 Å². The number of hydrogen-bond donors (Lipinski definition) is 0. The summed E-state index contributed by atoms with van der Waals surface area (Å²) >= 11 is 0. The predicted octanol–water partition coefficient (Wildman–Crippen LogP) is 10.6. The van der Waals surface area contributed by atoms with Crippen molar-refractivity contribution in [2.75, 3.05) is 4.90 Å². The Morgan fingerprint density at radius 3 is 1.48 bits per heavy atom. The van der Waals surface area contributed by atoms with E-state index in [0.717, 1.165) is 11.4 Å². The van der Waals surface area contributed by atoms with Crippen molar-refractivity contribution < 1.29 is 0 Å². The normalized spacial score (nSPS) is 13.2. The fourth-order valence-corrected chi connectivity index (χ4v) is 7.29. The molecule has 6 aromatic carbocycles. The van der Waals surface area contributed by atoms with Gasteiger partial charge in [-0.25, -0.2) is 0 Å². The zero-order chi connectivity index (χ0) is 29.5. The number of anilines is 3. The third kappa shape index (κ3) is 3.81. The van der Waals surface area contributed by atoms with Crippen LogP contribution in [-0.2, 0) is 5.41 Å². The van der Waals surface area contributed by atoms with E-state index in [0.29, 0.717) is 0 Å². The van der Waals surface area contributed by atoms with Crippen LogP contribution in [-0.4, -0.2) is 4.57 Å². The SMILES string of the molecule is Cc1c(-c2ccccc2)c2c(n1-c1ccccc1)C(c1ccccc1)(c1ccccc1)c1ccccc1N2c1ccccc1. The number of para-hydroxylation sites is 3. The van der Waals surface area contributed by atoms with Crippen LogP contribution in [0.15, 0.2) is 176 Å². The van der Waals surface area contributed by atoms with Gasteiger partial charge in [-0.2, -0.15) is 0 Å². The van der Waals surface area contributed by atoms with Gasteiger partial charge < -0.3 is 9.47 Å². The topological polar surface area (TPSA) is 8.17 Å². The molecule has 1 aliphatic heterocycles. The lowest BCUT2D eigenvalue weighted by atomic mass is 9.64. The first-order valence-corrected chi connectivity index (χ1v) is 15.2. The lowest BCUT2D eigenvalue weighted by molar-refractivity contribution is 0.677. The van der Waals surface area contributed by atoms with E-state index in [2.05, 4.69) is 192 Å². The minimum Gasteiger partial charge on any atom is -0.314 e.